The van der Waals surface area contributed by atoms with Crippen LogP contribution in [0.2, 0.25) is 0 Å². The number of aliphatic hydroxyl groups is 4. The molecule has 6 aromatic carbocycles. The summed E-state index contributed by atoms with van der Waals surface area (Å²) < 4.78 is 0. The fourth-order valence-corrected chi connectivity index (χ4v) is 6.39. The molecule has 0 radical (unpaired) electrons. The highest BCUT2D eigenvalue weighted by atomic mass is 16.5. The average molecular weight is 651 g/mol. The SMILES string of the molecule is OC(O)(CCC(c1ccccc1)c1ccccc1)c1ccccc1.OC(O)(CCCC(c1ccccc1)c1ccccc1)c1ccccc1. The van der Waals surface area contributed by atoms with Crippen LogP contribution in [0.15, 0.2) is 182 Å². The second kappa shape index (κ2) is 17.5. The van der Waals surface area contributed by atoms with E-state index >= 15 is 0 Å². The number of hydrogen-bond acceptors (Lipinski definition) is 4. The molecule has 0 saturated carbocycles. The van der Waals surface area contributed by atoms with E-state index in [1.807, 2.05) is 84.9 Å². The molecule has 0 atom stereocenters. The maximum Gasteiger partial charge on any atom is 0.189 e. The third-order valence-corrected chi connectivity index (χ3v) is 9.08. The first-order chi connectivity index (χ1) is 23.8. The van der Waals surface area contributed by atoms with Crippen LogP contribution in [0, 0.1) is 0 Å². The van der Waals surface area contributed by atoms with Crippen molar-refractivity contribution < 1.29 is 20.4 Å². The van der Waals surface area contributed by atoms with Crippen molar-refractivity contribution >= 4 is 0 Å². The van der Waals surface area contributed by atoms with Gasteiger partial charge in [-0.15, -0.1) is 0 Å². The van der Waals surface area contributed by atoms with Gasteiger partial charge in [-0.25, -0.2) is 0 Å². The Hall–Kier alpha value is -4.84. The second-order valence-corrected chi connectivity index (χ2v) is 12.5. The summed E-state index contributed by atoms with van der Waals surface area (Å²) in [5.41, 5.74) is 5.97. The van der Waals surface area contributed by atoms with Gasteiger partial charge < -0.3 is 20.4 Å². The molecule has 0 bridgehead atoms. The Morgan fingerprint density at radius 1 is 0.327 bits per heavy atom. The Morgan fingerprint density at radius 3 is 0.918 bits per heavy atom. The van der Waals surface area contributed by atoms with Gasteiger partial charge in [0.05, 0.1) is 0 Å². The van der Waals surface area contributed by atoms with Crippen molar-refractivity contribution in [3.8, 4) is 0 Å². The van der Waals surface area contributed by atoms with Crippen molar-refractivity contribution in [1.82, 2.24) is 0 Å². The van der Waals surface area contributed by atoms with Crippen LogP contribution >= 0.6 is 0 Å². The zero-order chi connectivity index (χ0) is 34.4. The monoisotopic (exact) mass is 650 g/mol. The molecule has 0 heterocycles. The molecule has 0 unspecified atom stereocenters. The van der Waals surface area contributed by atoms with E-state index < -0.39 is 11.6 Å². The summed E-state index contributed by atoms with van der Waals surface area (Å²) in [6.45, 7) is 0. The number of benzene rings is 6. The molecule has 0 aromatic heterocycles. The second-order valence-electron chi connectivity index (χ2n) is 12.5. The maximum atomic E-state index is 10.5. The Labute approximate surface area is 290 Å². The van der Waals surface area contributed by atoms with Crippen molar-refractivity contribution in [2.75, 3.05) is 0 Å². The van der Waals surface area contributed by atoms with E-state index in [-0.39, 0.29) is 18.3 Å². The van der Waals surface area contributed by atoms with Gasteiger partial charge in [0.15, 0.2) is 11.6 Å². The highest BCUT2D eigenvalue weighted by molar-refractivity contribution is 5.34. The number of hydrogen-bond donors (Lipinski definition) is 4. The first kappa shape index (κ1) is 35.5. The lowest BCUT2D eigenvalue weighted by molar-refractivity contribution is -0.176. The molecule has 4 nitrogen and oxygen atoms in total. The van der Waals surface area contributed by atoms with Crippen LogP contribution in [0.5, 0.6) is 0 Å². The van der Waals surface area contributed by atoms with Crippen molar-refractivity contribution in [1.29, 1.82) is 0 Å². The van der Waals surface area contributed by atoms with E-state index in [4.69, 9.17) is 0 Å². The van der Waals surface area contributed by atoms with Crippen LogP contribution in [0.1, 0.15) is 77.3 Å². The predicted molar refractivity (Wildman–Crippen MR) is 198 cm³/mol. The molecule has 0 amide bonds. The van der Waals surface area contributed by atoms with E-state index in [0.717, 1.165) is 12.8 Å². The van der Waals surface area contributed by atoms with Crippen LogP contribution in [0.25, 0.3) is 0 Å². The largest absolute Gasteiger partial charge is 0.362 e. The lowest BCUT2D eigenvalue weighted by atomic mass is 9.85. The van der Waals surface area contributed by atoms with Crippen LogP contribution in [0.4, 0.5) is 0 Å². The molecule has 4 heteroatoms. The molecule has 250 valence electrons. The summed E-state index contributed by atoms with van der Waals surface area (Å²) in [4.78, 5) is 0. The van der Waals surface area contributed by atoms with Crippen molar-refractivity contribution in [2.45, 2.75) is 55.5 Å². The van der Waals surface area contributed by atoms with Gasteiger partial charge in [-0.05, 0) is 41.5 Å². The third kappa shape index (κ3) is 10.3. The predicted octanol–water partition coefficient (Wildman–Crippen LogP) is 9.26. The van der Waals surface area contributed by atoms with Crippen molar-refractivity contribution in [3.05, 3.63) is 215 Å². The van der Waals surface area contributed by atoms with Gasteiger partial charge in [-0.1, -0.05) is 182 Å². The molecule has 0 fully saturated rings. The Kier molecular flexibility index (Phi) is 12.7. The lowest BCUT2D eigenvalue weighted by Crippen LogP contribution is -2.25. The zero-order valence-corrected chi connectivity index (χ0v) is 27.8. The molecule has 0 saturated heterocycles. The minimum atomic E-state index is -1.82. The van der Waals surface area contributed by atoms with Crippen LogP contribution in [0.3, 0.4) is 0 Å². The molecule has 0 aliphatic heterocycles. The first-order valence-electron chi connectivity index (χ1n) is 17.0. The molecule has 6 rings (SSSR count). The molecule has 0 spiro atoms. The van der Waals surface area contributed by atoms with Gasteiger partial charge >= 0.3 is 0 Å². The van der Waals surface area contributed by atoms with Crippen molar-refractivity contribution in [3.63, 3.8) is 0 Å². The summed E-state index contributed by atoms with van der Waals surface area (Å²) in [6, 6.07) is 59.3. The van der Waals surface area contributed by atoms with Crippen LogP contribution < -0.4 is 0 Å². The molecule has 6 aromatic rings. The van der Waals surface area contributed by atoms with Crippen molar-refractivity contribution in [2.24, 2.45) is 0 Å². The minimum absolute atomic E-state index is 0.134. The first-order valence-corrected chi connectivity index (χ1v) is 17.0. The molecule has 0 aliphatic rings. The Balaban J connectivity index is 0.000000191. The van der Waals surface area contributed by atoms with Crippen LogP contribution in [-0.4, -0.2) is 20.4 Å². The molecule has 0 aliphatic carbocycles. The summed E-state index contributed by atoms with van der Waals surface area (Å²) in [7, 11) is 0. The van der Waals surface area contributed by atoms with Gasteiger partial charge in [-0.2, -0.15) is 0 Å². The van der Waals surface area contributed by atoms with Gasteiger partial charge in [0.1, 0.15) is 0 Å². The topological polar surface area (TPSA) is 80.9 Å². The van der Waals surface area contributed by atoms with Crippen LogP contribution in [-0.2, 0) is 11.6 Å². The minimum Gasteiger partial charge on any atom is -0.362 e. The van der Waals surface area contributed by atoms with Gasteiger partial charge in [0, 0.05) is 35.8 Å². The maximum absolute atomic E-state index is 10.5. The third-order valence-electron chi connectivity index (χ3n) is 9.08. The normalized spacial score (nSPS) is 11.6. The summed E-state index contributed by atoms with van der Waals surface area (Å²) in [5.74, 6) is -3.20. The molecular formula is C45H46O4. The van der Waals surface area contributed by atoms with E-state index in [0.29, 0.717) is 24.0 Å². The zero-order valence-electron chi connectivity index (χ0n) is 27.8. The van der Waals surface area contributed by atoms with E-state index in [1.165, 1.54) is 22.3 Å². The van der Waals surface area contributed by atoms with E-state index in [1.54, 1.807) is 24.3 Å². The summed E-state index contributed by atoms with van der Waals surface area (Å²) in [6.07, 6.45) is 2.81. The standard InChI is InChI=1S/C23H24O2.C22H22O2/c24-23(25,21-15-8-3-9-16-21)18-10-17-22(19-11-4-1-5-12-19)20-13-6-2-7-14-20;23-22(24,20-14-8-3-9-15-20)17-16-21(18-10-4-1-5-11-18)19-12-6-2-7-13-19/h1-9,11-16,22,24-25H,10,17-18H2;1-15,21,23-24H,16-17H2. The van der Waals surface area contributed by atoms with Gasteiger partial charge in [0.25, 0.3) is 0 Å². The summed E-state index contributed by atoms with van der Waals surface area (Å²) >= 11 is 0. The smallest absolute Gasteiger partial charge is 0.189 e. The quantitative estimate of drug-likeness (QED) is 0.0940. The Bertz CT molecular complexity index is 1680. The molecule has 4 N–H and O–H groups in total. The fraction of sp³-hybridized carbons (Fsp3) is 0.200. The van der Waals surface area contributed by atoms with Gasteiger partial charge in [-0.3, -0.25) is 0 Å². The highest BCUT2D eigenvalue weighted by Gasteiger charge is 2.28. The van der Waals surface area contributed by atoms with E-state index in [9.17, 15) is 20.4 Å². The molecular weight excluding hydrogens is 604 g/mol. The summed E-state index contributed by atoms with van der Waals surface area (Å²) in [5, 5.41) is 41.8. The number of rotatable bonds is 13. The average Bonchev–Trinajstić information content (AvgIpc) is 3.16. The van der Waals surface area contributed by atoms with E-state index in [2.05, 4.69) is 72.8 Å². The molecule has 49 heavy (non-hydrogen) atoms. The highest BCUT2D eigenvalue weighted by Crippen LogP contribution is 2.34. The van der Waals surface area contributed by atoms with Gasteiger partial charge in [0.2, 0.25) is 0 Å². The lowest BCUT2D eigenvalue weighted by Gasteiger charge is -2.26. The Morgan fingerprint density at radius 2 is 0.592 bits per heavy atom. The fourth-order valence-electron chi connectivity index (χ4n) is 6.39.